The molecule has 0 saturated heterocycles. The molecule has 3 atom stereocenters. The largest absolute Gasteiger partial charge is 0.481 e. The molecule has 0 heterocycles. The lowest BCUT2D eigenvalue weighted by atomic mass is 9.98. The first-order chi connectivity index (χ1) is 16.3. The molecule has 0 unspecified atom stereocenters. The summed E-state index contributed by atoms with van der Waals surface area (Å²) < 4.78 is 37.4. The second-order valence-corrected chi connectivity index (χ2v) is 8.32. The van der Waals surface area contributed by atoms with Gasteiger partial charge in [0.1, 0.15) is 18.6 Å². The highest BCUT2D eigenvalue weighted by Crippen LogP contribution is 2.54. The molecule has 10 heteroatoms. The van der Waals surface area contributed by atoms with E-state index in [4.69, 9.17) is 14.6 Å². The molecule has 3 N–H and O–H groups in total. The summed E-state index contributed by atoms with van der Waals surface area (Å²) in [5.74, 6) is -9.26. The summed E-state index contributed by atoms with van der Waals surface area (Å²) in [5, 5.41) is 13.5. The molecule has 0 spiro atoms. The lowest BCUT2D eigenvalue weighted by Gasteiger charge is -2.19. The number of hydrogen-bond acceptors (Lipinski definition) is 5. The number of alkyl carbamates (subject to hydrolysis) is 1. The standard InChI is InChI=1S/C24H24F2N2O6/c1-33-12-19(21(29)27-10-18-20(22(30)31)24(18,25)26)28-23(32)34-11-17-15-8-4-2-6-13(15)14-7-3-5-9-16(14)17/h2-9,17-20H,10-12H2,1H3,(H,27,29)(H,28,32)(H,30,31)/t18-,19+,20-/m1/s1. The van der Waals surface area contributed by atoms with E-state index in [9.17, 15) is 23.2 Å². The Morgan fingerprint density at radius 1 is 1.06 bits per heavy atom. The number of aliphatic carboxylic acids is 1. The van der Waals surface area contributed by atoms with Gasteiger partial charge in [0, 0.05) is 19.6 Å². The minimum Gasteiger partial charge on any atom is -0.481 e. The van der Waals surface area contributed by atoms with E-state index in [1.54, 1.807) is 0 Å². The number of benzene rings is 2. The van der Waals surface area contributed by atoms with Crippen molar-refractivity contribution in [1.29, 1.82) is 0 Å². The van der Waals surface area contributed by atoms with Gasteiger partial charge >= 0.3 is 12.1 Å². The number of carbonyl (C=O) groups excluding carboxylic acids is 2. The molecule has 1 saturated carbocycles. The Balaban J connectivity index is 1.34. The highest BCUT2D eigenvalue weighted by molar-refractivity contribution is 5.86. The Hall–Kier alpha value is -3.53. The molecule has 2 aromatic carbocycles. The lowest BCUT2D eigenvalue weighted by molar-refractivity contribution is -0.141. The van der Waals surface area contributed by atoms with E-state index in [1.807, 2.05) is 48.5 Å². The molecule has 1 fully saturated rings. The van der Waals surface area contributed by atoms with Gasteiger partial charge in [0.05, 0.1) is 12.5 Å². The smallest absolute Gasteiger partial charge is 0.407 e. The number of carbonyl (C=O) groups is 3. The second-order valence-electron chi connectivity index (χ2n) is 8.32. The minimum atomic E-state index is -3.38. The fourth-order valence-electron chi connectivity index (χ4n) is 4.45. The van der Waals surface area contributed by atoms with E-state index in [-0.39, 0.29) is 19.1 Å². The van der Waals surface area contributed by atoms with Crippen molar-refractivity contribution in [2.45, 2.75) is 17.9 Å². The first-order valence-electron chi connectivity index (χ1n) is 10.7. The van der Waals surface area contributed by atoms with Crippen molar-refractivity contribution in [3.63, 3.8) is 0 Å². The summed E-state index contributed by atoms with van der Waals surface area (Å²) in [4.78, 5) is 35.7. The van der Waals surface area contributed by atoms with Crippen LogP contribution in [-0.2, 0) is 19.1 Å². The third kappa shape index (κ3) is 4.45. The van der Waals surface area contributed by atoms with Crippen molar-refractivity contribution in [3.05, 3.63) is 59.7 Å². The van der Waals surface area contributed by atoms with Crippen LogP contribution in [0.5, 0.6) is 0 Å². The van der Waals surface area contributed by atoms with Crippen molar-refractivity contribution < 1.29 is 37.7 Å². The summed E-state index contributed by atoms with van der Waals surface area (Å²) >= 11 is 0. The van der Waals surface area contributed by atoms with Crippen molar-refractivity contribution in [2.24, 2.45) is 11.8 Å². The fourth-order valence-corrected chi connectivity index (χ4v) is 4.45. The fraction of sp³-hybridized carbons (Fsp3) is 0.375. The van der Waals surface area contributed by atoms with Gasteiger partial charge in [-0.15, -0.1) is 0 Å². The maximum atomic E-state index is 13.5. The molecule has 2 aliphatic carbocycles. The van der Waals surface area contributed by atoms with Crippen LogP contribution in [0.4, 0.5) is 13.6 Å². The number of carboxylic acid groups (broad SMARTS) is 1. The Morgan fingerprint density at radius 3 is 2.18 bits per heavy atom. The second kappa shape index (κ2) is 9.38. The zero-order valence-electron chi connectivity index (χ0n) is 18.3. The molecular weight excluding hydrogens is 450 g/mol. The molecule has 2 aliphatic rings. The Bertz CT molecular complexity index is 1060. The van der Waals surface area contributed by atoms with Crippen LogP contribution in [-0.4, -0.2) is 61.9 Å². The molecular formula is C24H24F2N2O6. The number of hydrogen-bond donors (Lipinski definition) is 3. The van der Waals surface area contributed by atoms with Gasteiger partial charge in [0.15, 0.2) is 0 Å². The van der Waals surface area contributed by atoms with E-state index >= 15 is 0 Å². The van der Waals surface area contributed by atoms with Gasteiger partial charge in [-0.25, -0.2) is 13.6 Å². The van der Waals surface area contributed by atoms with Gasteiger partial charge in [-0.1, -0.05) is 48.5 Å². The van der Waals surface area contributed by atoms with Crippen LogP contribution >= 0.6 is 0 Å². The SMILES string of the molecule is COC[C@H](NC(=O)OCC1c2ccccc2-c2ccccc21)C(=O)NC[C@@H]1[C@H](C(=O)O)C1(F)F. The highest BCUT2D eigenvalue weighted by atomic mass is 19.3. The average molecular weight is 474 g/mol. The van der Waals surface area contributed by atoms with Gasteiger partial charge in [0.2, 0.25) is 5.91 Å². The Morgan fingerprint density at radius 2 is 1.65 bits per heavy atom. The molecule has 2 aromatic rings. The van der Waals surface area contributed by atoms with Gasteiger partial charge < -0.3 is 25.2 Å². The van der Waals surface area contributed by atoms with Crippen LogP contribution < -0.4 is 10.6 Å². The number of fused-ring (bicyclic) bond motifs is 3. The highest BCUT2D eigenvalue weighted by Gasteiger charge is 2.72. The third-order valence-corrected chi connectivity index (χ3v) is 6.25. The molecule has 2 amide bonds. The molecule has 0 aromatic heterocycles. The number of halogens is 2. The Labute approximate surface area is 194 Å². The monoisotopic (exact) mass is 474 g/mol. The number of amides is 2. The minimum absolute atomic E-state index is 0.0375. The quantitative estimate of drug-likeness (QED) is 0.515. The summed E-state index contributed by atoms with van der Waals surface area (Å²) in [6, 6.07) is 14.5. The number of methoxy groups -OCH3 is 1. The van der Waals surface area contributed by atoms with Crippen molar-refractivity contribution in [3.8, 4) is 11.1 Å². The first-order valence-corrected chi connectivity index (χ1v) is 10.7. The maximum absolute atomic E-state index is 13.5. The average Bonchev–Trinajstić information content (AvgIpc) is 3.23. The topological polar surface area (TPSA) is 114 Å². The van der Waals surface area contributed by atoms with Gasteiger partial charge in [0.25, 0.3) is 5.92 Å². The molecule has 8 nitrogen and oxygen atoms in total. The molecule has 4 rings (SSSR count). The van der Waals surface area contributed by atoms with Gasteiger partial charge in [-0.3, -0.25) is 9.59 Å². The van der Waals surface area contributed by atoms with Crippen molar-refractivity contribution in [1.82, 2.24) is 10.6 Å². The van der Waals surface area contributed by atoms with E-state index < -0.39 is 48.3 Å². The van der Waals surface area contributed by atoms with E-state index in [0.717, 1.165) is 22.3 Å². The van der Waals surface area contributed by atoms with Crippen molar-refractivity contribution >= 4 is 18.0 Å². The zero-order chi connectivity index (χ0) is 24.5. The van der Waals surface area contributed by atoms with E-state index in [1.165, 1.54) is 7.11 Å². The van der Waals surface area contributed by atoms with Crippen molar-refractivity contribution in [2.75, 3.05) is 26.9 Å². The number of rotatable bonds is 9. The zero-order valence-corrected chi connectivity index (χ0v) is 18.3. The third-order valence-electron chi connectivity index (χ3n) is 6.25. The summed E-state index contributed by atoms with van der Waals surface area (Å²) in [6.07, 6.45) is -0.862. The van der Waals surface area contributed by atoms with E-state index in [0.29, 0.717) is 0 Å². The molecule has 0 aliphatic heterocycles. The van der Waals surface area contributed by atoms with Crippen LogP contribution in [0.1, 0.15) is 17.0 Å². The molecule has 0 radical (unpaired) electrons. The normalized spacial score (nSPS) is 20.6. The van der Waals surface area contributed by atoms with E-state index in [2.05, 4.69) is 10.6 Å². The first kappa shape index (κ1) is 23.6. The van der Waals surface area contributed by atoms with Crippen LogP contribution in [0, 0.1) is 11.8 Å². The summed E-state index contributed by atoms with van der Waals surface area (Å²) in [6.45, 7) is -0.718. The summed E-state index contributed by atoms with van der Waals surface area (Å²) in [7, 11) is 1.31. The number of alkyl halides is 2. The Kier molecular flexibility index (Phi) is 6.52. The van der Waals surface area contributed by atoms with Crippen LogP contribution in [0.25, 0.3) is 11.1 Å². The predicted octanol–water partition coefficient (Wildman–Crippen LogP) is 2.62. The predicted molar refractivity (Wildman–Crippen MR) is 116 cm³/mol. The number of nitrogens with one attached hydrogen (secondary N) is 2. The van der Waals surface area contributed by atoms with Crippen LogP contribution in [0.3, 0.4) is 0 Å². The number of ether oxygens (including phenoxy) is 2. The molecule has 0 bridgehead atoms. The lowest BCUT2D eigenvalue weighted by Crippen LogP contribution is -2.50. The van der Waals surface area contributed by atoms with Gasteiger partial charge in [-0.05, 0) is 22.3 Å². The van der Waals surface area contributed by atoms with Crippen LogP contribution in [0.15, 0.2) is 48.5 Å². The summed E-state index contributed by atoms with van der Waals surface area (Å²) in [5.41, 5.74) is 4.20. The number of carboxylic acids is 1. The van der Waals surface area contributed by atoms with Crippen LogP contribution in [0.2, 0.25) is 0 Å². The van der Waals surface area contributed by atoms with Gasteiger partial charge in [-0.2, -0.15) is 0 Å². The molecule has 34 heavy (non-hydrogen) atoms. The molecule has 180 valence electrons. The maximum Gasteiger partial charge on any atom is 0.407 e.